The number of benzene rings is 2. The highest BCUT2D eigenvalue weighted by Gasteiger charge is 2.11. The molecule has 0 unspecified atom stereocenters. The van der Waals surface area contributed by atoms with E-state index in [2.05, 4.69) is 0 Å². The van der Waals surface area contributed by atoms with Crippen molar-refractivity contribution in [3.05, 3.63) is 66.1 Å². The van der Waals surface area contributed by atoms with Gasteiger partial charge in [-0.3, -0.25) is 0 Å². The van der Waals surface area contributed by atoms with Crippen molar-refractivity contribution in [1.82, 2.24) is 4.57 Å². The lowest BCUT2D eigenvalue weighted by Gasteiger charge is -2.10. The molecule has 0 aliphatic heterocycles. The number of fused-ring (bicyclic) bond motifs is 1. The fraction of sp³-hybridized carbons (Fsp3) is 0.176. The fourth-order valence-corrected chi connectivity index (χ4v) is 2.49. The number of para-hydroxylation sites is 2. The Morgan fingerprint density at radius 1 is 1.05 bits per heavy atom. The molecule has 0 fully saturated rings. The van der Waals surface area contributed by atoms with E-state index in [1.165, 1.54) is 6.07 Å². The highest BCUT2D eigenvalue weighted by molar-refractivity contribution is 5.81. The summed E-state index contributed by atoms with van der Waals surface area (Å²) < 4.78 is 21.7. The molecular formula is C17H16FNO. The van der Waals surface area contributed by atoms with E-state index in [1.54, 1.807) is 6.07 Å². The Kier molecular flexibility index (Phi) is 3.42. The van der Waals surface area contributed by atoms with Crippen molar-refractivity contribution in [2.24, 2.45) is 0 Å². The number of hydrogen-bond donors (Lipinski definition) is 0. The van der Waals surface area contributed by atoms with Gasteiger partial charge >= 0.3 is 0 Å². The Balaban J connectivity index is 1.93. The zero-order valence-corrected chi connectivity index (χ0v) is 11.3. The predicted molar refractivity (Wildman–Crippen MR) is 78.3 cm³/mol. The zero-order valence-electron chi connectivity index (χ0n) is 11.3. The van der Waals surface area contributed by atoms with Gasteiger partial charge in [0, 0.05) is 11.9 Å². The van der Waals surface area contributed by atoms with Crippen LogP contribution in [0.25, 0.3) is 10.9 Å². The van der Waals surface area contributed by atoms with Crippen molar-refractivity contribution >= 4 is 10.9 Å². The Bertz CT molecular complexity index is 718. The third kappa shape index (κ3) is 2.27. The van der Waals surface area contributed by atoms with Gasteiger partial charge in [-0.25, -0.2) is 4.39 Å². The first-order valence-corrected chi connectivity index (χ1v) is 6.74. The van der Waals surface area contributed by atoms with E-state index in [-0.39, 0.29) is 5.82 Å². The summed E-state index contributed by atoms with van der Waals surface area (Å²) >= 11 is 0. The van der Waals surface area contributed by atoms with Crippen LogP contribution in [-0.2, 0) is 13.2 Å². The van der Waals surface area contributed by atoms with E-state index in [1.807, 2.05) is 54.0 Å². The first-order chi connectivity index (χ1) is 9.79. The SMILES string of the molecule is CCn1c(COc2ccccc2)cc2cccc(F)c21. The number of ether oxygens (including phenoxy) is 1. The predicted octanol–water partition coefficient (Wildman–Crippen LogP) is 4.38. The van der Waals surface area contributed by atoms with Crippen LogP contribution in [0.3, 0.4) is 0 Å². The smallest absolute Gasteiger partial charge is 0.147 e. The average Bonchev–Trinajstić information content (AvgIpc) is 2.85. The van der Waals surface area contributed by atoms with Gasteiger partial charge in [0.15, 0.2) is 0 Å². The van der Waals surface area contributed by atoms with E-state index in [9.17, 15) is 4.39 Å². The van der Waals surface area contributed by atoms with E-state index in [4.69, 9.17) is 4.74 Å². The maximum Gasteiger partial charge on any atom is 0.147 e. The van der Waals surface area contributed by atoms with Crippen LogP contribution in [-0.4, -0.2) is 4.57 Å². The highest BCUT2D eigenvalue weighted by atomic mass is 19.1. The summed E-state index contributed by atoms with van der Waals surface area (Å²) in [6.07, 6.45) is 0. The molecule has 0 radical (unpaired) electrons. The second-order valence-corrected chi connectivity index (χ2v) is 4.66. The van der Waals surface area contributed by atoms with E-state index in [0.717, 1.165) is 23.4 Å². The van der Waals surface area contributed by atoms with Crippen molar-refractivity contribution in [2.45, 2.75) is 20.1 Å². The second-order valence-electron chi connectivity index (χ2n) is 4.66. The molecule has 3 aromatic rings. The van der Waals surface area contributed by atoms with Crippen LogP contribution in [0.5, 0.6) is 5.75 Å². The van der Waals surface area contributed by atoms with E-state index < -0.39 is 0 Å². The monoisotopic (exact) mass is 269 g/mol. The van der Waals surface area contributed by atoms with Gasteiger partial charge in [-0.05, 0) is 31.2 Å². The van der Waals surface area contributed by atoms with Crippen LogP contribution in [0.15, 0.2) is 54.6 Å². The molecule has 0 aliphatic rings. The average molecular weight is 269 g/mol. The second kappa shape index (κ2) is 5.37. The first kappa shape index (κ1) is 12.7. The van der Waals surface area contributed by atoms with Crippen LogP contribution >= 0.6 is 0 Å². The van der Waals surface area contributed by atoms with Gasteiger partial charge in [0.1, 0.15) is 18.2 Å². The normalized spacial score (nSPS) is 10.9. The molecule has 102 valence electrons. The molecule has 0 saturated heterocycles. The van der Waals surface area contributed by atoms with Crippen LogP contribution in [0.1, 0.15) is 12.6 Å². The first-order valence-electron chi connectivity index (χ1n) is 6.74. The fourth-order valence-electron chi connectivity index (χ4n) is 2.49. The molecule has 0 spiro atoms. The van der Waals surface area contributed by atoms with Crippen LogP contribution in [0, 0.1) is 5.82 Å². The summed E-state index contributed by atoms with van der Waals surface area (Å²) in [5, 5.41) is 0.915. The van der Waals surface area contributed by atoms with E-state index in [0.29, 0.717) is 12.1 Å². The van der Waals surface area contributed by atoms with Gasteiger partial charge in [0.05, 0.1) is 11.2 Å². The van der Waals surface area contributed by atoms with E-state index >= 15 is 0 Å². The summed E-state index contributed by atoms with van der Waals surface area (Å²) in [6.45, 7) is 3.17. The van der Waals surface area contributed by atoms with Crippen molar-refractivity contribution in [3.8, 4) is 5.75 Å². The Morgan fingerprint density at radius 2 is 1.85 bits per heavy atom. The summed E-state index contributed by atoms with van der Waals surface area (Å²) in [4.78, 5) is 0. The Hall–Kier alpha value is -2.29. The van der Waals surface area contributed by atoms with Gasteiger partial charge in [-0.2, -0.15) is 0 Å². The Morgan fingerprint density at radius 3 is 2.60 bits per heavy atom. The summed E-state index contributed by atoms with van der Waals surface area (Å²) in [5.41, 5.74) is 1.64. The molecule has 20 heavy (non-hydrogen) atoms. The lowest BCUT2D eigenvalue weighted by Crippen LogP contribution is -2.05. The molecule has 2 nitrogen and oxygen atoms in total. The third-order valence-corrected chi connectivity index (χ3v) is 3.40. The van der Waals surface area contributed by atoms with Crippen molar-refractivity contribution < 1.29 is 9.13 Å². The van der Waals surface area contributed by atoms with Crippen molar-refractivity contribution in [3.63, 3.8) is 0 Å². The molecular weight excluding hydrogens is 253 g/mol. The zero-order chi connectivity index (χ0) is 13.9. The lowest BCUT2D eigenvalue weighted by atomic mass is 10.2. The standard InChI is InChI=1S/C17H16FNO/c1-2-19-14(12-20-15-8-4-3-5-9-15)11-13-7-6-10-16(18)17(13)19/h3-11H,2,12H2,1H3. The minimum Gasteiger partial charge on any atom is -0.487 e. The minimum atomic E-state index is -0.185. The number of nitrogens with zero attached hydrogens (tertiary/aromatic N) is 1. The molecule has 1 heterocycles. The number of aromatic nitrogens is 1. The molecule has 0 bridgehead atoms. The van der Waals surface area contributed by atoms with Gasteiger partial charge in [-0.15, -0.1) is 0 Å². The molecule has 1 aromatic heterocycles. The van der Waals surface area contributed by atoms with Crippen molar-refractivity contribution in [1.29, 1.82) is 0 Å². The summed E-state index contributed by atoms with van der Waals surface area (Å²) in [7, 11) is 0. The summed E-state index contributed by atoms with van der Waals surface area (Å²) in [6, 6.07) is 16.8. The van der Waals surface area contributed by atoms with Crippen molar-refractivity contribution in [2.75, 3.05) is 0 Å². The molecule has 0 atom stereocenters. The van der Waals surface area contributed by atoms with Crippen LogP contribution in [0.4, 0.5) is 4.39 Å². The third-order valence-electron chi connectivity index (χ3n) is 3.40. The highest BCUT2D eigenvalue weighted by Crippen LogP contribution is 2.24. The van der Waals surface area contributed by atoms with Gasteiger partial charge in [0.25, 0.3) is 0 Å². The molecule has 0 saturated carbocycles. The van der Waals surface area contributed by atoms with Gasteiger partial charge < -0.3 is 9.30 Å². The largest absolute Gasteiger partial charge is 0.487 e. The number of halogens is 1. The number of aryl methyl sites for hydroxylation is 1. The minimum absolute atomic E-state index is 0.185. The van der Waals surface area contributed by atoms with Gasteiger partial charge in [-0.1, -0.05) is 30.3 Å². The molecule has 2 aromatic carbocycles. The topological polar surface area (TPSA) is 14.2 Å². The van der Waals surface area contributed by atoms with Crippen LogP contribution in [0.2, 0.25) is 0 Å². The quantitative estimate of drug-likeness (QED) is 0.685. The molecule has 3 heteroatoms. The molecule has 3 rings (SSSR count). The lowest BCUT2D eigenvalue weighted by molar-refractivity contribution is 0.296. The molecule has 0 aliphatic carbocycles. The molecule has 0 amide bonds. The molecule has 0 N–H and O–H groups in total. The van der Waals surface area contributed by atoms with Gasteiger partial charge in [0.2, 0.25) is 0 Å². The summed E-state index contributed by atoms with van der Waals surface area (Å²) in [5.74, 6) is 0.635. The number of hydrogen-bond acceptors (Lipinski definition) is 1. The number of rotatable bonds is 4. The maximum atomic E-state index is 13.9. The van der Waals surface area contributed by atoms with Crippen LogP contribution < -0.4 is 4.74 Å². The Labute approximate surface area is 117 Å². The maximum absolute atomic E-state index is 13.9.